The lowest BCUT2D eigenvalue weighted by molar-refractivity contribution is -0.140. The first-order valence-electron chi connectivity index (χ1n) is 5.65. The number of rotatable bonds is 4. The molecule has 0 bridgehead atoms. The maximum absolute atomic E-state index is 11.8. The van der Waals surface area contributed by atoms with Gasteiger partial charge >= 0.3 is 12.0 Å². The van der Waals surface area contributed by atoms with Gasteiger partial charge in [-0.05, 0) is 12.2 Å². The highest BCUT2D eigenvalue weighted by atomic mass is 32.2. The smallest absolute Gasteiger partial charge is 0.326 e. The first-order valence-corrected chi connectivity index (χ1v) is 6.80. The van der Waals surface area contributed by atoms with E-state index in [9.17, 15) is 14.4 Å². The average Bonchev–Trinajstić information content (AvgIpc) is 2.55. The van der Waals surface area contributed by atoms with Gasteiger partial charge in [-0.3, -0.25) is 4.79 Å². The SMILES string of the molecule is NC(=O)CC(NC(=O)N1CCCSCC1)C(=O)O. The Hall–Kier alpha value is -1.44. The molecule has 8 heteroatoms. The van der Waals surface area contributed by atoms with Gasteiger partial charge < -0.3 is 21.1 Å². The van der Waals surface area contributed by atoms with Gasteiger partial charge in [0.1, 0.15) is 6.04 Å². The molecule has 0 aliphatic carbocycles. The van der Waals surface area contributed by atoms with Gasteiger partial charge in [0.05, 0.1) is 6.42 Å². The maximum Gasteiger partial charge on any atom is 0.326 e. The minimum atomic E-state index is -1.26. The zero-order valence-corrected chi connectivity index (χ0v) is 10.7. The molecule has 7 nitrogen and oxygen atoms in total. The van der Waals surface area contributed by atoms with Crippen molar-refractivity contribution in [2.24, 2.45) is 5.73 Å². The van der Waals surface area contributed by atoms with E-state index in [-0.39, 0.29) is 0 Å². The van der Waals surface area contributed by atoms with Crippen LogP contribution in [0.5, 0.6) is 0 Å². The minimum Gasteiger partial charge on any atom is -0.480 e. The molecule has 1 heterocycles. The van der Waals surface area contributed by atoms with Crippen molar-refractivity contribution in [2.75, 3.05) is 24.6 Å². The largest absolute Gasteiger partial charge is 0.480 e. The number of nitrogens with one attached hydrogen (secondary N) is 1. The van der Waals surface area contributed by atoms with Crippen LogP contribution < -0.4 is 11.1 Å². The van der Waals surface area contributed by atoms with E-state index < -0.39 is 30.4 Å². The van der Waals surface area contributed by atoms with Crippen molar-refractivity contribution >= 4 is 29.7 Å². The molecule has 1 fully saturated rings. The van der Waals surface area contributed by atoms with Crippen LogP contribution in [0.2, 0.25) is 0 Å². The second-order valence-electron chi connectivity index (χ2n) is 3.96. The molecular formula is C10H17N3O4S. The second-order valence-corrected chi connectivity index (χ2v) is 5.19. The van der Waals surface area contributed by atoms with Gasteiger partial charge in [-0.15, -0.1) is 0 Å². The Morgan fingerprint density at radius 2 is 2.06 bits per heavy atom. The number of carbonyl (C=O) groups is 3. The number of hydrogen-bond acceptors (Lipinski definition) is 4. The van der Waals surface area contributed by atoms with E-state index in [1.54, 1.807) is 16.7 Å². The summed E-state index contributed by atoms with van der Waals surface area (Å²) < 4.78 is 0. The van der Waals surface area contributed by atoms with E-state index in [2.05, 4.69) is 5.32 Å². The number of hydrogen-bond donors (Lipinski definition) is 3. The Kier molecular flexibility index (Phi) is 5.76. The Morgan fingerprint density at radius 3 is 2.67 bits per heavy atom. The van der Waals surface area contributed by atoms with Crippen LogP contribution in [-0.2, 0) is 9.59 Å². The van der Waals surface area contributed by atoms with Crippen LogP contribution in [0.15, 0.2) is 0 Å². The Labute approximate surface area is 109 Å². The molecule has 102 valence electrons. The number of carboxylic acid groups (broad SMARTS) is 1. The van der Waals surface area contributed by atoms with E-state index in [1.807, 2.05) is 0 Å². The fourth-order valence-electron chi connectivity index (χ4n) is 1.59. The quantitative estimate of drug-likeness (QED) is 0.638. The first-order chi connectivity index (χ1) is 8.50. The van der Waals surface area contributed by atoms with Gasteiger partial charge in [0.2, 0.25) is 5.91 Å². The molecule has 0 spiro atoms. The van der Waals surface area contributed by atoms with Gasteiger partial charge in [-0.1, -0.05) is 0 Å². The van der Waals surface area contributed by atoms with Gasteiger partial charge in [0.15, 0.2) is 0 Å². The summed E-state index contributed by atoms with van der Waals surface area (Å²) in [4.78, 5) is 35.0. The van der Waals surface area contributed by atoms with E-state index >= 15 is 0 Å². The molecule has 0 aromatic carbocycles. The Bertz CT molecular complexity index is 329. The summed E-state index contributed by atoms with van der Waals surface area (Å²) in [5.41, 5.74) is 4.94. The lowest BCUT2D eigenvalue weighted by atomic mass is 10.2. The fourth-order valence-corrected chi connectivity index (χ4v) is 2.48. The van der Waals surface area contributed by atoms with Gasteiger partial charge in [-0.25, -0.2) is 9.59 Å². The Balaban J connectivity index is 2.53. The van der Waals surface area contributed by atoms with E-state index in [0.717, 1.165) is 17.9 Å². The summed E-state index contributed by atoms with van der Waals surface area (Å²) in [5, 5.41) is 11.2. The highest BCUT2D eigenvalue weighted by molar-refractivity contribution is 7.99. The van der Waals surface area contributed by atoms with Crippen molar-refractivity contribution in [3.05, 3.63) is 0 Å². The predicted octanol–water partition coefficient (Wildman–Crippen LogP) is -0.536. The first kappa shape index (κ1) is 14.6. The molecule has 1 rings (SSSR count). The zero-order chi connectivity index (χ0) is 13.5. The van der Waals surface area contributed by atoms with Crippen molar-refractivity contribution in [1.82, 2.24) is 10.2 Å². The van der Waals surface area contributed by atoms with Crippen LogP contribution in [0.1, 0.15) is 12.8 Å². The van der Waals surface area contributed by atoms with Crippen LogP contribution in [0.3, 0.4) is 0 Å². The summed E-state index contributed by atoms with van der Waals surface area (Å²) in [6.07, 6.45) is 0.481. The molecule has 0 saturated carbocycles. The van der Waals surface area contributed by atoms with Gasteiger partial charge in [-0.2, -0.15) is 11.8 Å². The summed E-state index contributed by atoms with van der Waals surface area (Å²) in [5.74, 6) is -0.186. The molecular weight excluding hydrogens is 258 g/mol. The number of aliphatic carboxylic acids is 1. The number of urea groups is 1. The molecule has 0 aromatic heterocycles. The molecule has 1 saturated heterocycles. The molecule has 4 N–H and O–H groups in total. The zero-order valence-electron chi connectivity index (χ0n) is 9.92. The summed E-state index contributed by atoms with van der Waals surface area (Å²) in [7, 11) is 0. The molecule has 18 heavy (non-hydrogen) atoms. The maximum atomic E-state index is 11.8. The third kappa shape index (κ3) is 4.82. The molecule has 1 unspecified atom stereocenters. The summed E-state index contributed by atoms with van der Waals surface area (Å²) >= 11 is 1.76. The fraction of sp³-hybridized carbons (Fsp3) is 0.700. The second kappa shape index (κ2) is 7.10. The van der Waals surface area contributed by atoms with Crippen LogP contribution in [0, 0.1) is 0 Å². The number of nitrogens with two attached hydrogens (primary N) is 1. The topological polar surface area (TPSA) is 113 Å². The number of primary amides is 1. The number of nitrogens with zero attached hydrogens (tertiary/aromatic N) is 1. The van der Waals surface area contributed by atoms with Gasteiger partial charge in [0.25, 0.3) is 0 Å². The highest BCUT2D eigenvalue weighted by Crippen LogP contribution is 2.10. The Morgan fingerprint density at radius 1 is 1.33 bits per heavy atom. The molecule has 1 atom stereocenters. The highest BCUT2D eigenvalue weighted by Gasteiger charge is 2.25. The monoisotopic (exact) mass is 275 g/mol. The van der Waals surface area contributed by atoms with Crippen molar-refractivity contribution in [3.8, 4) is 0 Å². The third-order valence-corrected chi connectivity index (χ3v) is 3.56. The molecule has 1 aliphatic rings. The molecule has 0 radical (unpaired) electrons. The van der Waals surface area contributed by atoms with Crippen LogP contribution in [0.25, 0.3) is 0 Å². The standard InChI is InChI=1S/C10H17N3O4S/c11-8(14)6-7(9(15)16)12-10(17)13-2-1-4-18-5-3-13/h7H,1-6H2,(H2,11,14)(H,12,17)(H,15,16). The van der Waals surface area contributed by atoms with Crippen molar-refractivity contribution in [3.63, 3.8) is 0 Å². The van der Waals surface area contributed by atoms with E-state index in [4.69, 9.17) is 10.8 Å². The average molecular weight is 275 g/mol. The minimum absolute atomic E-state index is 0.399. The third-order valence-electron chi connectivity index (χ3n) is 2.51. The molecule has 0 aromatic rings. The number of thioether (sulfide) groups is 1. The summed E-state index contributed by atoms with van der Waals surface area (Å²) in [6.45, 7) is 1.18. The molecule has 1 aliphatic heterocycles. The van der Waals surface area contributed by atoms with Crippen molar-refractivity contribution in [2.45, 2.75) is 18.9 Å². The van der Waals surface area contributed by atoms with E-state index in [0.29, 0.717) is 13.1 Å². The van der Waals surface area contributed by atoms with Crippen molar-refractivity contribution < 1.29 is 19.5 Å². The predicted molar refractivity (Wildman–Crippen MR) is 67.3 cm³/mol. The summed E-state index contributed by atoms with van der Waals surface area (Å²) in [6, 6.07) is -1.71. The van der Waals surface area contributed by atoms with Gasteiger partial charge in [0, 0.05) is 18.8 Å². The lowest BCUT2D eigenvalue weighted by Gasteiger charge is -2.22. The number of carboxylic acids is 1. The lowest BCUT2D eigenvalue weighted by Crippen LogP contribution is -2.49. The molecule has 3 amide bonds. The van der Waals surface area contributed by atoms with Crippen LogP contribution in [0.4, 0.5) is 4.79 Å². The van der Waals surface area contributed by atoms with Crippen molar-refractivity contribution in [1.29, 1.82) is 0 Å². The van der Waals surface area contributed by atoms with Crippen LogP contribution in [-0.4, -0.2) is 58.6 Å². The van der Waals surface area contributed by atoms with Crippen LogP contribution >= 0.6 is 11.8 Å². The number of carbonyl (C=O) groups excluding carboxylic acids is 2. The van der Waals surface area contributed by atoms with E-state index in [1.165, 1.54) is 0 Å². The normalized spacial score (nSPS) is 17.7. The number of amides is 3.